The molecule has 0 fully saturated rings. The Kier molecular flexibility index (Phi) is 10.2. The second-order valence-corrected chi connectivity index (χ2v) is 4.49. The molecule has 0 rings (SSSR count). The highest BCUT2D eigenvalue weighted by Gasteiger charge is 2.36. The Hall–Kier alpha value is -1.06. The number of allylic oxidation sites excluding steroid dienone is 4. The summed E-state index contributed by atoms with van der Waals surface area (Å²) >= 11 is 0. The van der Waals surface area contributed by atoms with Crippen molar-refractivity contribution in [1.82, 2.24) is 0 Å². The van der Waals surface area contributed by atoms with Crippen LogP contribution < -0.4 is 0 Å². The number of Topliss-reactive ketones (excluding diaryl/α,β-unsaturated/α-hetero) is 1. The molecule has 110 valence electrons. The van der Waals surface area contributed by atoms with E-state index in [1.54, 1.807) is 0 Å². The zero-order chi connectivity index (χ0) is 14.6. The molecule has 0 amide bonds. The molecule has 1 nitrogen and oxygen atoms in total. The van der Waals surface area contributed by atoms with Gasteiger partial charge in [0.1, 0.15) is 0 Å². The van der Waals surface area contributed by atoms with Gasteiger partial charge in [-0.15, -0.1) is 0 Å². The number of ketones is 1. The van der Waals surface area contributed by atoms with Crippen molar-refractivity contribution >= 4 is 5.78 Å². The van der Waals surface area contributed by atoms with Crippen LogP contribution in [0.4, 0.5) is 13.2 Å². The topological polar surface area (TPSA) is 17.1 Å². The number of rotatable bonds is 10. The van der Waals surface area contributed by atoms with E-state index in [9.17, 15) is 18.0 Å². The van der Waals surface area contributed by atoms with Gasteiger partial charge >= 0.3 is 6.18 Å². The summed E-state index contributed by atoms with van der Waals surface area (Å²) in [7, 11) is 0. The van der Waals surface area contributed by atoms with E-state index in [2.05, 4.69) is 19.1 Å². The Bertz CT molecular complexity index is 290. The first-order valence-corrected chi connectivity index (χ1v) is 6.88. The van der Waals surface area contributed by atoms with Crippen LogP contribution in [0.3, 0.4) is 0 Å². The number of carbonyl (C=O) groups excluding carboxylic acids is 1. The van der Waals surface area contributed by atoms with Gasteiger partial charge in [-0.25, -0.2) is 0 Å². The van der Waals surface area contributed by atoms with Gasteiger partial charge in [0.15, 0.2) is 0 Å². The molecule has 0 aromatic heterocycles. The van der Waals surface area contributed by atoms with Gasteiger partial charge in [-0.05, 0) is 32.1 Å². The molecule has 0 aromatic carbocycles. The molecule has 0 aromatic rings. The number of unbranched alkanes of at least 4 members (excludes halogenated alkanes) is 4. The lowest BCUT2D eigenvalue weighted by Crippen LogP contribution is -2.22. The number of hydrogen-bond acceptors (Lipinski definition) is 1. The van der Waals surface area contributed by atoms with Gasteiger partial charge in [-0.3, -0.25) is 4.79 Å². The number of carbonyl (C=O) groups is 1. The molecule has 0 heterocycles. The molecule has 19 heavy (non-hydrogen) atoms. The van der Waals surface area contributed by atoms with E-state index in [4.69, 9.17) is 0 Å². The van der Waals surface area contributed by atoms with Crippen molar-refractivity contribution in [2.45, 2.75) is 64.5 Å². The maximum atomic E-state index is 11.9. The van der Waals surface area contributed by atoms with Gasteiger partial charge in [0.2, 0.25) is 5.78 Å². The van der Waals surface area contributed by atoms with Crippen molar-refractivity contribution in [1.29, 1.82) is 0 Å². The Morgan fingerprint density at radius 3 is 2.05 bits per heavy atom. The maximum absolute atomic E-state index is 11.9. The van der Waals surface area contributed by atoms with Crippen molar-refractivity contribution in [3.8, 4) is 0 Å². The van der Waals surface area contributed by atoms with Crippen LogP contribution in [0.25, 0.3) is 0 Å². The molecule has 0 unspecified atom stereocenters. The normalized spacial score (nSPS) is 12.6. The fraction of sp³-hybridized carbons (Fsp3) is 0.667. The molecular weight excluding hydrogens is 253 g/mol. The van der Waals surface area contributed by atoms with Crippen molar-refractivity contribution in [3.05, 3.63) is 24.3 Å². The highest BCUT2D eigenvalue weighted by atomic mass is 19.4. The highest BCUT2D eigenvalue weighted by molar-refractivity contribution is 5.83. The summed E-state index contributed by atoms with van der Waals surface area (Å²) in [5, 5.41) is 0. The quantitative estimate of drug-likeness (QED) is 0.387. The first-order valence-electron chi connectivity index (χ1n) is 6.88. The number of alkyl halides is 3. The molecule has 0 saturated carbocycles. The van der Waals surface area contributed by atoms with E-state index < -0.39 is 18.4 Å². The smallest absolute Gasteiger partial charge is 0.290 e. The van der Waals surface area contributed by atoms with Gasteiger partial charge in [-0.1, -0.05) is 44.1 Å². The Balaban J connectivity index is 3.47. The average molecular weight is 276 g/mol. The van der Waals surface area contributed by atoms with Crippen molar-refractivity contribution in [2.75, 3.05) is 0 Å². The zero-order valence-electron chi connectivity index (χ0n) is 11.5. The van der Waals surface area contributed by atoms with Crippen LogP contribution in [-0.4, -0.2) is 12.0 Å². The summed E-state index contributed by atoms with van der Waals surface area (Å²) in [4.78, 5) is 10.6. The van der Waals surface area contributed by atoms with Gasteiger partial charge in [-0.2, -0.15) is 13.2 Å². The lowest BCUT2D eigenvalue weighted by molar-refractivity contribution is -0.171. The zero-order valence-corrected chi connectivity index (χ0v) is 11.5. The van der Waals surface area contributed by atoms with Crippen molar-refractivity contribution < 1.29 is 18.0 Å². The summed E-state index contributed by atoms with van der Waals surface area (Å²) in [5.41, 5.74) is 0. The highest BCUT2D eigenvalue weighted by Crippen LogP contribution is 2.19. The number of hydrogen-bond donors (Lipinski definition) is 0. The largest absolute Gasteiger partial charge is 0.449 e. The summed E-state index contributed by atoms with van der Waals surface area (Å²) in [6.07, 6.45) is 9.19. The minimum Gasteiger partial charge on any atom is -0.290 e. The first kappa shape index (κ1) is 17.9. The Labute approximate surface area is 113 Å². The molecule has 0 aliphatic heterocycles. The third-order valence-corrected chi connectivity index (χ3v) is 2.67. The van der Waals surface area contributed by atoms with Crippen molar-refractivity contribution in [2.24, 2.45) is 0 Å². The SMILES string of the molecule is CCCCC/C=C\C/C=C\CCCC(=O)C(F)(F)F. The second kappa shape index (κ2) is 10.8. The Morgan fingerprint density at radius 1 is 0.947 bits per heavy atom. The van der Waals surface area contributed by atoms with E-state index in [0.717, 1.165) is 12.8 Å². The van der Waals surface area contributed by atoms with Gasteiger partial charge in [0.25, 0.3) is 0 Å². The minimum absolute atomic E-state index is 0.259. The molecule has 0 aliphatic carbocycles. The van der Waals surface area contributed by atoms with Crippen LogP contribution in [0.15, 0.2) is 24.3 Å². The van der Waals surface area contributed by atoms with Crippen LogP contribution in [0.2, 0.25) is 0 Å². The van der Waals surface area contributed by atoms with E-state index in [1.165, 1.54) is 19.3 Å². The van der Waals surface area contributed by atoms with Crippen molar-refractivity contribution in [3.63, 3.8) is 0 Å². The predicted octanol–water partition coefficient (Wildman–Crippen LogP) is 5.37. The summed E-state index contributed by atoms with van der Waals surface area (Å²) in [6, 6.07) is 0. The average Bonchev–Trinajstić information content (AvgIpc) is 2.34. The number of halogens is 3. The van der Waals surface area contributed by atoms with Crippen LogP contribution in [0.1, 0.15) is 58.3 Å². The third kappa shape index (κ3) is 11.7. The van der Waals surface area contributed by atoms with Crippen LogP contribution in [-0.2, 0) is 4.79 Å². The summed E-state index contributed by atoms with van der Waals surface area (Å²) in [5.74, 6) is -1.63. The van der Waals surface area contributed by atoms with E-state index >= 15 is 0 Å². The van der Waals surface area contributed by atoms with Crippen LogP contribution in [0, 0.1) is 0 Å². The molecule has 0 bridgehead atoms. The molecule has 0 saturated heterocycles. The first-order chi connectivity index (χ1) is 8.98. The molecular formula is C15H23F3O. The lowest BCUT2D eigenvalue weighted by atomic mass is 10.1. The Morgan fingerprint density at radius 2 is 1.53 bits per heavy atom. The van der Waals surface area contributed by atoms with E-state index in [1.807, 2.05) is 12.2 Å². The van der Waals surface area contributed by atoms with E-state index in [-0.39, 0.29) is 6.42 Å². The third-order valence-electron chi connectivity index (χ3n) is 2.67. The monoisotopic (exact) mass is 276 g/mol. The van der Waals surface area contributed by atoms with Gasteiger partial charge in [0, 0.05) is 6.42 Å². The standard InChI is InChI=1S/C15H23F3O/c1-2-3-4-5-6-7-8-9-10-11-12-13-14(19)15(16,17)18/h6-7,9-10H,2-5,8,11-13H2,1H3/b7-6-,10-9-. The minimum atomic E-state index is -4.68. The summed E-state index contributed by atoms with van der Waals surface area (Å²) in [6.45, 7) is 2.16. The predicted molar refractivity (Wildman–Crippen MR) is 72.0 cm³/mol. The molecule has 0 radical (unpaired) electrons. The fourth-order valence-electron chi connectivity index (χ4n) is 1.54. The fourth-order valence-corrected chi connectivity index (χ4v) is 1.54. The molecule has 0 spiro atoms. The van der Waals surface area contributed by atoms with Gasteiger partial charge < -0.3 is 0 Å². The second-order valence-electron chi connectivity index (χ2n) is 4.49. The molecule has 0 aliphatic rings. The van der Waals surface area contributed by atoms with Crippen LogP contribution >= 0.6 is 0 Å². The van der Waals surface area contributed by atoms with Crippen LogP contribution in [0.5, 0.6) is 0 Å². The molecule has 0 N–H and O–H groups in total. The maximum Gasteiger partial charge on any atom is 0.449 e. The summed E-state index contributed by atoms with van der Waals surface area (Å²) < 4.78 is 35.6. The molecule has 0 atom stereocenters. The molecule has 4 heteroatoms. The lowest BCUT2D eigenvalue weighted by Gasteiger charge is -2.02. The van der Waals surface area contributed by atoms with Gasteiger partial charge in [0.05, 0.1) is 0 Å². The van der Waals surface area contributed by atoms with E-state index in [0.29, 0.717) is 6.42 Å².